The zero-order valence-electron chi connectivity index (χ0n) is 12.4. The molecule has 110 valence electrons. The van der Waals surface area contributed by atoms with E-state index >= 15 is 0 Å². The van der Waals surface area contributed by atoms with E-state index in [1.807, 2.05) is 18.2 Å². The van der Waals surface area contributed by atoms with Gasteiger partial charge in [-0.15, -0.1) is 0 Å². The van der Waals surface area contributed by atoms with Gasteiger partial charge in [0, 0.05) is 12.1 Å². The third-order valence-electron chi connectivity index (χ3n) is 3.80. The summed E-state index contributed by atoms with van der Waals surface area (Å²) in [6.07, 6.45) is 8.00. The number of para-hydroxylation sites is 1. The molecule has 0 saturated heterocycles. The molecule has 1 N–H and O–H groups in total. The number of rotatable bonds is 8. The van der Waals surface area contributed by atoms with E-state index in [1.165, 1.54) is 31.2 Å². The summed E-state index contributed by atoms with van der Waals surface area (Å²) >= 11 is 0. The highest BCUT2D eigenvalue weighted by Gasteiger charge is 2.27. The van der Waals surface area contributed by atoms with Gasteiger partial charge in [-0.3, -0.25) is 0 Å². The Morgan fingerprint density at radius 3 is 2.75 bits per heavy atom. The molecule has 2 rings (SSSR count). The van der Waals surface area contributed by atoms with Crippen molar-refractivity contribution in [2.24, 2.45) is 0 Å². The van der Waals surface area contributed by atoms with Gasteiger partial charge in [-0.1, -0.05) is 57.2 Å². The van der Waals surface area contributed by atoms with E-state index in [0.29, 0.717) is 6.61 Å². The molecule has 1 aliphatic heterocycles. The Bertz CT molecular complexity index is 406. The van der Waals surface area contributed by atoms with Crippen molar-refractivity contribution in [1.82, 2.24) is 0 Å². The second-order valence-corrected chi connectivity index (χ2v) is 5.49. The van der Waals surface area contributed by atoms with Gasteiger partial charge in [0.05, 0.1) is 6.61 Å². The summed E-state index contributed by atoms with van der Waals surface area (Å²) in [5.41, 5.74) is 2.27. The lowest BCUT2D eigenvalue weighted by Gasteiger charge is -2.11. The Labute approximate surface area is 121 Å². The first-order valence-electron chi connectivity index (χ1n) is 7.82. The van der Waals surface area contributed by atoms with Gasteiger partial charge in [0.25, 0.3) is 0 Å². The molecule has 1 unspecified atom stereocenters. The van der Waals surface area contributed by atoms with Crippen LogP contribution in [0.3, 0.4) is 0 Å². The van der Waals surface area contributed by atoms with Crippen LogP contribution in [0.15, 0.2) is 24.3 Å². The summed E-state index contributed by atoms with van der Waals surface area (Å²) < 4.78 is 5.36. The quantitative estimate of drug-likeness (QED) is 0.577. The van der Waals surface area contributed by atoms with Crippen LogP contribution in [-0.2, 0) is 16.0 Å². The lowest BCUT2D eigenvalue weighted by atomic mass is 10.1. The van der Waals surface area contributed by atoms with Crippen LogP contribution in [0.25, 0.3) is 0 Å². The van der Waals surface area contributed by atoms with Crippen molar-refractivity contribution < 1.29 is 9.53 Å². The highest BCUT2D eigenvalue weighted by Crippen LogP contribution is 2.25. The number of fused-ring (bicyclic) bond motifs is 1. The maximum absolute atomic E-state index is 12.0. The molecule has 1 atom stereocenters. The van der Waals surface area contributed by atoms with Crippen LogP contribution in [0.1, 0.15) is 51.0 Å². The third-order valence-corrected chi connectivity index (χ3v) is 3.80. The lowest BCUT2D eigenvalue weighted by Crippen LogP contribution is -2.29. The Kier molecular flexibility index (Phi) is 5.90. The summed E-state index contributed by atoms with van der Waals surface area (Å²) in [4.78, 5) is 12.0. The maximum atomic E-state index is 12.0. The second-order valence-electron chi connectivity index (χ2n) is 5.49. The fraction of sp³-hybridized carbons (Fsp3) is 0.588. The molecule has 0 aromatic heterocycles. The number of carbonyl (C=O) groups excluding carboxylic acids is 1. The minimum Gasteiger partial charge on any atom is -0.464 e. The highest BCUT2D eigenvalue weighted by atomic mass is 16.5. The normalized spacial score (nSPS) is 16.6. The summed E-state index contributed by atoms with van der Waals surface area (Å²) in [5.74, 6) is -0.116. The largest absolute Gasteiger partial charge is 0.464 e. The molecule has 0 spiro atoms. The van der Waals surface area contributed by atoms with Crippen molar-refractivity contribution in [3.05, 3.63) is 29.8 Å². The van der Waals surface area contributed by atoms with Crippen molar-refractivity contribution >= 4 is 11.7 Å². The van der Waals surface area contributed by atoms with Crippen molar-refractivity contribution in [3.8, 4) is 0 Å². The first-order chi connectivity index (χ1) is 9.81. The van der Waals surface area contributed by atoms with Crippen molar-refractivity contribution in [3.63, 3.8) is 0 Å². The van der Waals surface area contributed by atoms with E-state index < -0.39 is 0 Å². The van der Waals surface area contributed by atoms with E-state index in [-0.39, 0.29) is 12.0 Å². The van der Waals surface area contributed by atoms with Gasteiger partial charge < -0.3 is 10.1 Å². The van der Waals surface area contributed by atoms with E-state index in [4.69, 9.17) is 4.74 Å². The van der Waals surface area contributed by atoms with Gasteiger partial charge >= 0.3 is 5.97 Å². The zero-order chi connectivity index (χ0) is 14.2. The summed E-state index contributed by atoms with van der Waals surface area (Å²) in [6, 6.07) is 7.85. The number of benzene rings is 1. The zero-order valence-corrected chi connectivity index (χ0v) is 12.4. The smallest absolute Gasteiger partial charge is 0.328 e. The molecule has 1 aliphatic rings. The van der Waals surface area contributed by atoms with E-state index in [2.05, 4.69) is 18.3 Å². The molecular weight excluding hydrogens is 250 g/mol. The second kappa shape index (κ2) is 7.93. The average molecular weight is 275 g/mol. The number of nitrogens with one attached hydrogen (secondary N) is 1. The molecule has 1 aromatic rings. The van der Waals surface area contributed by atoms with Crippen LogP contribution in [0.4, 0.5) is 5.69 Å². The molecule has 1 heterocycles. The molecule has 20 heavy (non-hydrogen) atoms. The first-order valence-corrected chi connectivity index (χ1v) is 7.82. The third kappa shape index (κ3) is 4.26. The fourth-order valence-corrected chi connectivity index (χ4v) is 2.60. The van der Waals surface area contributed by atoms with E-state index in [0.717, 1.165) is 24.9 Å². The van der Waals surface area contributed by atoms with E-state index in [1.54, 1.807) is 0 Å². The van der Waals surface area contributed by atoms with Gasteiger partial charge in [0.1, 0.15) is 6.04 Å². The predicted octanol–water partition coefficient (Wildman–Crippen LogP) is 3.93. The molecule has 1 aromatic carbocycles. The number of unbranched alkanes of at least 4 members (excludes halogenated alkanes) is 5. The van der Waals surface area contributed by atoms with Crippen LogP contribution in [0, 0.1) is 0 Å². The molecule has 0 radical (unpaired) electrons. The highest BCUT2D eigenvalue weighted by molar-refractivity contribution is 5.82. The topological polar surface area (TPSA) is 38.3 Å². The Balaban J connectivity index is 1.60. The minimum absolute atomic E-state index is 0.116. The number of esters is 1. The average Bonchev–Trinajstić information content (AvgIpc) is 2.90. The van der Waals surface area contributed by atoms with Crippen molar-refractivity contribution in [2.45, 2.75) is 57.9 Å². The molecular formula is C17H25NO2. The van der Waals surface area contributed by atoms with E-state index in [9.17, 15) is 4.79 Å². The molecule has 3 nitrogen and oxygen atoms in total. The Morgan fingerprint density at radius 2 is 1.95 bits per heavy atom. The molecule has 0 fully saturated rings. The van der Waals surface area contributed by atoms with Gasteiger partial charge in [-0.2, -0.15) is 0 Å². The minimum atomic E-state index is -0.201. The van der Waals surface area contributed by atoms with Crippen LogP contribution in [-0.4, -0.2) is 18.6 Å². The molecule has 0 aliphatic carbocycles. The maximum Gasteiger partial charge on any atom is 0.328 e. The van der Waals surface area contributed by atoms with Crippen LogP contribution in [0.5, 0.6) is 0 Å². The molecule has 3 heteroatoms. The number of hydrogen-bond acceptors (Lipinski definition) is 3. The standard InChI is InChI=1S/C17H25NO2/c1-2-3-4-5-6-9-12-20-17(19)16-13-14-10-7-8-11-15(14)18-16/h7-8,10-11,16,18H,2-6,9,12-13H2,1H3. The number of anilines is 1. The summed E-state index contributed by atoms with van der Waals surface area (Å²) in [6.45, 7) is 2.77. The van der Waals surface area contributed by atoms with Gasteiger partial charge in [0.15, 0.2) is 0 Å². The first kappa shape index (κ1) is 14.9. The van der Waals surface area contributed by atoms with Gasteiger partial charge in [-0.25, -0.2) is 4.79 Å². The lowest BCUT2D eigenvalue weighted by molar-refractivity contribution is -0.144. The Morgan fingerprint density at radius 1 is 1.20 bits per heavy atom. The molecule has 0 amide bonds. The van der Waals surface area contributed by atoms with Crippen molar-refractivity contribution in [1.29, 1.82) is 0 Å². The van der Waals surface area contributed by atoms with Crippen LogP contribution < -0.4 is 5.32 Å². The van der Waals surface area contributed by atoms with Gasteiger partial charge in [0.2, 0.25) is 0 Å². The van der Waals surface area contributed by atoms with Crippen LogP contribution >= 0.6 is 0 Å². The van der Waals surface area contributed by atoms with Crippen molar-refractivity contribution in [2.75, 3.05) is 11.9 Å². The number of carbonyl (C=O) groups is 1. The Hall–Kier alpha value is -1.51. The number of ether oxygens (including phenoxy) is 1. The predicted molar refractivity (Wildman–Crippen MR) is 81.9 cm³/mol. The molecule has 0 bridgehead atoms. The summed E-state index contributed by atoms with van der Waals surface area (Å²) in [7, 11) is 0. The number of hydrogen-bond donors (Lipinski definition) is 1. The monoisotopic (exact) mass is 275 g/mol. The summed E-state index contributed by atoms with van der Waals surface area (Å²) in [5, 5.41) is 3.23. The molecule has 0 saturated carbocycles. The SMILES string of the molecule is CCCCCCCCOC(=O)C1Cc2ccccc2N1. The van der Waals surface area contributed by atoms with Crippen LogP contribution in [0.2, 0.25) is 0 Å². The fourth-order valence-electron chi connectivity index (χ4n) is 2.60. The van der Waals surface area contributed by atoms with Gasteiger partial charge in [-0.05, 0) is 18.1 Å².